The normalized spacial score (nSPS) is 15.1. The van der Waals surface area contributed by atoms with E-state index < -0.39 is 5.97 Å². The quantitative estimate of drug-likeness (QED) is 0.438. The Morgan fingerprint density at radius 2 is 1.91 bits per heavy atom. The fourth-order valence-corrected chi connectivity index (χ4v) is 5.49. The van der Waals surface area contributed by atoms with Crippen LogP contribution < -0.4 is 4.74 Å². The third kappa shape index (κ3) is 5.47. The Labute approximate surface area is 205 Å². The molecule has 1 aromatic heterocycles. The lowest BCUT2D eigenvalue weighted by atomic mass is 9.95. The van der Waals surface area contributed by atoms with Crippen LogP contribution in [0.25, 0.3) is 21.1 Å². The number of benzene rings is 2. The molecular weight excluding hydrogens is 446 g/mol. The molecule has 2 heterocycles. The summed E-state index contributed by atoms with van der Waals surface area (Å²) in [6.07, 6.45) is 2.49. The molecule has 3 aromatic rings. The van der Waals surface area contributed by atoms with Gasteiger partial charge in [0.2, 0.25) is 0 Å². The maximum Gasteiger partial charge on any atom is 0.306 e. The third-order valence-electron chi connectivity index (χ3n) is 6.40. The number of rotatable bonds is 8. The van der Waals surface area contributed by atoms with Crippen LogP contribution in [0.4, 0.5) is 0 Å². The van der Waals surface area contributed by atoms with Crippen LogP contribution >= 0.6 is 11.3 Å². The van der Waals surface area contributed by atoms with E-state index in [4.69, 9.17) is 4.74 Å². The summed E-state index contributed by atoms with van der Waals surface area (Å²) in [6.45, 7) is 10.8. The first-order valence-electron chi connectivity index (χ1n) is 12.0. The number of hydrogen-bond acceptors (Lipinski definition) is 6. The van der Waals surface area contributed by atoms with Crippen molar-refractivity contribution in [1.29, 1.82) is 0 Å². The smallest absolute Gasteiger partial charge is 0.306 e. The molecule has 0 saturated carbocycles. The van der Waals surface area contributed by atoms with Crippen LogP contribution in [0.5, 0.6) is 5.75 Å². The van der Waals surface area contributed by atoms with Gasteiger partial charge in [-0.3, -0.25) is 9.69 Å². The van der Waals surface area contributed by atoms with Gasteiger partial charge in [-0.05, 0) is 88.0 Å². The van der Waals surface area contributed by atoms with E-state index in [0.29, 0.717) is 0 Å². The summed E-state index contributed by atoms with van der Waals surface area (Å²) >= 11 is 1.61. The highest BCUT2D eigenvalue weighted by Gasteiger charge is 2.25. The average molecular weight is 480 g/mol. The van der Waals surface area contributed by atoms with Crippen LogP contribution in [0, 0.1) is 12.8 Å². The molecule has 1 aliphatic heterocycles. The van der Waals surface area contributed by atoms with E-state index in [9.17, 15) is 9.90 Å². The zero-order valence-electron chi connectivity index (χ0n) is 20.4. The molecule has 0 unspecified atom stereocenters. The topological polar surface area (TPSA) is 75.6 Å². The molecule has 2 aromatic carbocycles. The Balaban J connectivity index is 1.54. The predicted octanol–water partition coefficient (Wildman–Crippen LogP) is 5.83. The molecule has 4 rings (SSSR count). The summed E-state index contributed by atoms with van der Waals surface area (Å²) in [5, 5.41) is 20.1. The number of hydrogen-bond donors (Lipinski definition) is 1. The van der Waals surface area contributed by atoms with Crippen molar-refractivity contribution in [2.24, 2.45) is 5.92 Å². The maximum absolute atomic E-state index is 11.3. The second-order valence-electron chi connectivity index (χ2n) is 9.24. The Morgan fingerprint density at radius 3 is 2.56 bits per heavy atom. The zero-order valence-corrected chi connectivity index (χ0v) is 21.2. The van der Waals surface area contributed by atoms with Gasteiger partial charge in [0.1, 0.15) is 15.8 Å². The Kier molecular flexibility index (Phi) is 7.63. The summed E-state index contributed by atoms with van der Waals surface area (Å²) in [5.74, 6) is 0.0276. The molecule has 1 aliphatic rings. The summed E-state index contributed by atoms with van der Waals surface area (Å²) in [7, 11) is 0. The van der Waals surface area contributed by atoms with Crippen LogP contribution in [0.1, 0.15) is 50.3 Å². The van der Waals surface area contributed by atoms with Crippen molar-refractivity contribution in [3.8, 4) is 26.9 Å². The molecule has 0 atom stereocenters. The summed E-state index contributed by atoms with van der Waals surface area (Å²) < 4.78 is 5.87. The van der Waals surface area contributed by atoms with E-state index in [1.807, 2.05) is 26.0 Å². The number of nitrogens with zero attached hydrogens (tertiary/aromatic N) is 3. The summed E-state index contributed by atoms with van der Waals surface area (Å²) in [4.78, 5) is 13.6. The van der Waals surface area contributed by atoms with Crippen molar-refractivity contribution in [1.82, 2.24) is 15.1 Å². The number of carboxylic acid groups (broad SMARTS) is 1. The number of carbonyl (C=O) groups is 1. The van der Waals surface area contributed by atoms with Crippen molar-refractivity contribution >= 4 is 17.3 Å². The summed E-state index contributed by atoms with van der Waals surface area (Å²) in [6, 6.07) is 12.6. The Morgan fingerprint density at radius 1 is 1.18 bits per heavy atom. The van der Waals surface area contributed by atoms with Crippen molar-refractivity contribution < 1.29 is 14.6 Å². The molecule has 0 spiro atoms. The number of ether oxygens (including phenoxy) is 1. The first-order valence-corrected chi connectivity index (χ1v) is 12.8. The molecule has 1 fully saturated rings. The van der Waals surface area contributed by atoms with E-state index in [1.54, 1.807) is 11.3 Å². The number of likely N-dealkylation sites (tertiary alicyclic amines) is 1. The molecule has 0 aliphatic carbocycles. The highest BCUT2D eigenvalue weighted by Crippen LogP contribution is 2.35. The number of aryl methyl sites for hydroxylation is 1. The molecule has 1 saturated heterocycles. The minimum absolute atomic E-state index is 0.140. The van der Waals surface area contributed by atoms with Gasteiger partial charge in [0, 0.05) is 17.7 Å². The molecule has 1 N–H and O–H groups in total. The van der Waals surface area contributed by atoms with Gasteiger partial charge in [-0.2, -0.15) is 0 Å². The molecule has 0 amide bonds. The fraction of sp³-hybridized carbons (Fsp3) is 0.444. The average Bonchev–Trinajstić information content (AvgIpc) is 3.30. The van der Waals surface area contributed by atoms with E-state index in [1.165, 1.54) is 11.1 Å². The lowest BCUT2D eigenvalue weighted by Gasteiger charge is -2.30. The molecule has 7 heteroatoms. The second kappa shape index (κ2) is 10.7. The van der Waals surface area contributed by atoms with Gasteiger partial charge in [-0.15, -0.1) is 10.2 Å². The van der Waals surface area contributed by atoms with Crippen molar-refractivity contribution in [2.45, 2.75) is 59.6 Å². The first-order chi connectivity index (χ1) is 16.4. The third-order valence-corrected chi connectivity index (χ3v) is 7.40. The SMILES string of the molecule is CCc1c(CN2CCC(C(=O)O)CC2)cccc1-c1nnc(-c2ccc(OC(C)C)c(C)c2)s1. The van der Waals surface area contributed by atoms with Gasteiger partial charge < -0.3 is 9.84 Å². The second-order valence-corrected chi connectivity index (χ2v) is 10.2. The van der Waals surface area contributed by atoms with Crippen molar-refractivity contribution in [3.63, 3.8) is 0 Å². The van der Waals surface area contributed by atoms with Gasteiger partial charge >= 0.3 is 5.97 Å². The maximum atomic E-state index is 11.3. The minimum Gasteiger partial charge on any atom is -0.491 e. The lowest BCUT2D eigenvalue weighted by molar-refractivity contribution is -0.143. The number of piperidine rings is 1. The van der Waals surface area contributed by atoms with E-state index in [2.05, 4.69) is 53.2 Å². The van der Waals surface area contributed by atoms with E-state index in [-0.39, 0.29) is 12.0 Å². The van der Waals surface area contributed by atoms with Crippen LogP contribution in [-0.2, 0) is 17.8 Å². The number of aliphatic carboxylic acids is 1. The van der Waals surface area contributed by atoms with Gasteiger partial charge in [-0.1, -0.05) is 36.5 Å². The fourth-order valence-electron chi connectivity index (χ4n) is 4.60. The van der Waals surface area contributed by atoms with Crippen LogP contribution in [0.15, 0.2) is 36.4 Å². The monoisotopic (exact) mass is 479 g/mol. The van der Waals surface area contributed by atoms with Crippen molar-refractivity contribution in [2.75, 3.05) is 13.1 Å². The van der Waals surface area contributed by atoms with Crippen LogP contribution in [0.3, 0.4) is 0 Å². The first kappa shape index (κ1) is 24.4. The molecular formula is C27H33N3O3S. The lowest BCUT2D eigenvalue weighted by Crippen LogP contribution is -2.36. The van der Waals surface area contributed by atoms with Gasteiger partial charge in [0.25, 0.3) is 0 Å². The highest BCUT2D eigenvalue weighted by atomic mass is 32.1. The molecule has 0 radical (unpaired) electrons. The van der Waals surface area contributed by atoms with Gasteiger partial charge in [-0.25, -0.2) is 0 Å². The molecule has 6 nitrogen and oxygen atoms in total. The Bertz CT molecular complexity index is 1150. The number of aromatic nitrogens is 2. The highest BCUT2D eigenvalue weighted by molar-refractivity contribution is 7.17. The predicted molar refractivity (Wildman–Crippen MR) is 136 cm³/mol. The number of carboxylic acids is 1. The molecule has 34 heavy (non-hydrogen) atoms. The van der Waals surface area contributed by atoms with Crippen molar-refractivity contribution in [3.05, 3.63) is 53.1 Å². The standard InChI is InChI=1S/C27H33N3O3S/c1-5-22-21(16-30-13-11-19(12-14-30)27(31)32)7-6-8-23(22)26-29-28-25(34-26)20-9-10-24(18(4)15-20)33-17(2)3/h6-10,15,17,19H,5,11-14,16H2,1-4H3,(H,31,32). The zero-order chi connectivity index (χ0) is 24.2. The van der Waals surface area contributed by atoms with Crippen LogP contribution in [0.2, 0.25) is 0 Å². The summed E-state index contributed by atoms with van der Waals surface area (Å²) in [5.41, 5.74) is 5.86. The van der Waals surface area contributed by atoms with E-state index >= 15 is 0 Å². The molecule has 0 bridgehead atoms. The van der Waals surface area contributed by atoms with Gasteiger partial charge in [0.15, 0.2) is 0 Å². The van der Waals surface area contributed by atoms with Crippen LogP contribution in [-0.4, -0.2) is 45.4 Å². The Hall–Kier alpha value is -2.77. The van der Waals surface area contributed by atoms with E-state index in [0.717, 1.165) is 71.4 Å². The largest absolute Gasteiger partial charge is 0.491 e. The van der Waals surface area contributed by atoms with Gasteiger partial charge in [0.05, 0.1) is 12.0 Å². The molecule has 180 valence electrons. The minimum atomic E-state index is -0.666.